The molecule has 6 heteroatoms. The summed E-state index contributed by atoms with van der Waals surface area (Å²) < 4.78 is 0. The minimum Gasteiger partial charge on any atom is -0.395 e. The summed E-state index contributed by atoms with van der Waals surface area (Å²) in [4.78, 5) is 14.1. The molecule has 1 saturated carbocycles. The van der Waals surface area contributed by atoms with Gasteiger partial charge in [0.25, 0.3) is 5.91 Å². The number of carbonyl (C=O) groups is 1. The number of hydrogen-bond acceptors (Lipinski definition) is 4. The van der Waals surface area contributed by atoms with Crippen molar-refractivity contribution in [3.8, 4) is 0 Å². The number of aromatic amines is 1. The van der Waals surface area contributed by atoms with E-state index >= 15 is 0 Å². The summed E-state index contributed by atoms with van der Waals surface area (Å²) in [5, 5.41) is 16.9. The van der Waals surface area contributed by atoms with E-state index in [1.54, 1.807) is 4.90 Å². The largest absolute Gasteiger partial charge is 0.395 e. The van der Waals surface area contributed by atoms with Gasteiger partial charge in [-0.1, -0.05) is 0 Å². The van der Waals surface area contributed by atoms with E-state index in [-0.39, 0.29) is 5.91 Å². The normalized spacial score (nSPS) is 22.5. The predicted octanol–water partition coefficient (Wildman–Crippen LogP) is 0.856. The monoisotopic (exact) mass is 264 g/mol. The number of H-pyrrole nitrogens is 1. The average Bonchev–Trinajstić information content (AvgIpc) is 3.12. The van der Waals surface area contributed by atoms with Crippen LogP contribution in [0.5, 0.6) is 0 Å². The SMILES string of the molecule is CC1(O)CCN(C(=O)c2n[nH]c(C3CC3)c2N)CC1. The Bertz CT molecular complexity index is 495. The maximum absolute atomic E-state index is 12.4. The zero-order valence-corrected chi connectivity index (χ0v) is 11.1. The van der Waals surface area contributed by atoms with Gasteiger partial charge in [0.1, 0.15) is 0 Å². The first kappa shape index (κ1) is 12.5. The van der Waals surface area contributed by atoms with Crippen LogP contribution in [0, 0.1) is 0 Å². The second-order valence-corrected chi connectivity index (χ2v) is 5.96. The van der Waals surface area contributed by atoms with Crippen molar-refractivity contribution in [2.75, 3.05) is 18.8 Å². The number of hydrogen-bond donors (Lipinski definition) is 3. The fraction of sp³-hybridized carbons (Fsp3) is 0.692. The van der Waals surface area contributed by atoms with Crippen molar-refractivity contribution in [2.45, 2.75) is 44.1 Å². The van der Waals surface area contributed by atoms with Crippen LogP contribution in [-0.4, -0.2) is 44.8 Å². The number of anilines is 1. The second-order valence-electron chi connectivity index (χ2n) is 5.96. The van der Waals surface area contributed by atoms with Crippen LogP contribution in [-0.2, 0) is 0 Å². The molecule has 3 rings (SSSR count). The highest BCUT2D eigenvalue weighted by Crippen LogP contribution is 2.42. The van der Waals surface area contributed by atoms with Crippen LogP contribution < -0.4 is 5.73 Å². The van der Waals surface area contributed by atoms with Crippen molar-refractivity contribution in [3.05, 3.63) is 11.4 Å². The van der Waals surface area contributed by atoms with E-state index in [1.165, 1.54) is 0 Å². The van der Waals surface area contributed by atoms with E-state index in [0.717, 1.165) is 18.5 Å². The number of nitrogen functional groups attached to an aromatic ring is 1. The Hall–Kier alpha value is -1.56. The molecule has 1 aliphatic heterocycles. The molecule has 2 heterocycles. The fourth-order valence-corrected chi connectivity index (χ4v) is 2.55. The molecule has 6 nitrogen and oxygen atoms in total. The minimum absolute atomic E-state index is 0.129. The zero-order valence-electron chi connectivity index (χ0n) is 11.1. The van der Waals surface area contributed by atoms with Gasteiger partial charge in [0, 0.05) is 19.0 Å². The molecular weight excluding hydrogens is 244 g/mol. The Kier molecular flexibility index (Phi) is 2.78. The first-order valence-corrected chi connectivity index (χ1v) is 6.83. The number of aromatic nitrogens is 2. The quantitative estimate of drug-likeness (QED) is 0.738. The number of aliphatic hydroxyl groups is 1. The molecule has 0 bridgehead atoms. The fourth-order valence-electron chi connectivity index (χ4n) is 2.55. The number of nitrogens with zero attached hydrogens (tertiary/aromatic N) is 2. The third-order valence-corrected chi connectivity index (χ3v) is 4.15. The molecule has 1 aromatic rings. The lowest BCUT2D eigenvalue weighted by atomic mass is 9.93. The molecule has 1 aromatic heterocycles. The van der Waals surface area contributed by atoms with Crippen molar-refractivity contribution in [2.24, 2.45) is 0 Å². The highest BCUT2D eigenvalue weighted by atomic mass is 16.3. The highest BCUT2D eigenvalue weighted by molar-refractivity contribution is 5.97. The van der Waals surface area contributed by atoms with Crippen LogP contribution in [0.3, 0.4) is 0 Å². The van der Waals surface area contributed by atoms with Gasteiger partial charge in [0.2, 0.25) is 0 Å². The molecular formula is C13H20N4O2. The summed E-state index contributed by atoms with van der Waals surface area (Å²) in [6.45, 7) is 2.91. The van der Waals surface area contributed by atoms with E-state index in [9.17, 15) is 9.90 Å². The molecule has 1 amide bonds. The van der Waals surface area contributed by atoms with E-state index < -0.39 is 5.60 Å². The Morgan fingerprint density at radius 3 is 2.68 bits per heavy atom. The van der Waals surface area contributed by atoms with Gasteiger partial charge in [0.05, 0.1) is 17.0 Å². The van der Waals surface area contributed by atoms with Crippen LogP contribution in [0.1, 0.15) is 54.7 Å². The molecule has 104 valence electrons. The maximum Gasteiger partial charge on any atom is 0.276 e. The van der Waals surface area contributed by atoms with Gasteiger partial charge in [-0.2, -0.15) is 5.10 Å². The molecule has 1 saturated heterocycles. The van der Waals surface area contributed by atoms with Crippen molar-refractivity contribution in [1.29, 1.82) is 0 Å². The van der Waals surface area contributed by atoms with E-state index in [0.29, 0.717) is 43.2 Å². The Morgan fingerprint density at radius 2 is 2.11 bits per heavy atom. The van der Waals surface area contributed by atoms with Gasteiger partial charge in [-0.05, 0) is 32.6 Å². The lowest BCUT2D eigenvalue weighted by molar-refractivity contribution is -0.00215. The molecule has 0 radical (unpaired) electrons. The molecule has 2 fully saturated rings. The molecule has 2 aliphatic rings. The number of piperidine rings is 1. The summed E-state index contributed by atoms with van der Waals surface area (Å²) in [6, 6.07) is 0. The number of rotatable bonds is 2. The van der Waals surface area contributed by atoms with Crippen molar-refractivity contribution in [3.63, 3.8) is 0 Å². The molecule has 4 N–H and O–H groups in total. The Balaban J connectivity index is 1.74. The maximum atomic E-state index is 12.4. The number of carbonyl (C=O) groups excluding carboxylic acids is 1. The summed E-state index contributed by atoms with van der Waals surface area (Å²) in [5.74, 6) is 0.326. The Labute approximate surface area is 112 Å². The molecule has 1 aliphatic carbocycles. The van der Waals surface area contributed by atoms with Gasteiger partial charge in [-0.3, -0.25) is 9.89 Å². The molecule has 0 atom stereocenters. The Morgan fingerprint density at radius 1 is 1.47 bits per heavy atom. The lowest BCUT2D eigenvalue weighted by Gasteiger charge is -2.35. The van der Waals surface area contributed by atoms with Gasteiger partial charge in [0.15, 0.2) is 5.69 Å². The van der Waals surface area contributed by atoms with Gasteiger partial charge < -0.3 is 15.7 Å². The van der Waals surface area contributed by atoms with Gasteiger partial charge in [-0.25, -0.2) is 0 Å². The molecule has 0 aromatic carbocycles. The molecule has 0 spiro atoms. The number of likely N-dealkylation sites (tertiary alicyclic amines) is 1. The smallest absolute Gasteiger partial charge is 0.276 e. The van der Waals surface area contributed by atoms with E-state index in [2.05, 4.69) is 10.2 Å². The summed E-state index contributed by atoms with van der Waals surface area (Å²) >= 11 is 0. The highest BCUT2D eigenvalue weighted by Gasteiger charge is 2.34. The van der Waals surface area contributed by atoms with Crippen molar-refractivity contribution >= 4 is 11.6 Å². The summed E-state index contributed by atoms with van der Waals surface area (Å²) in [6.07, 6.45) is 3.43. The van der Waals surface area contributed by atoms with Crippen LogP contribution in [0.25, 0.3) is 0 Å². The predicted molar refractivity (Wildman–Crippen MR) is 70.7 cm³/mol. The van der Waals surface area contributed by atoms with E-state index in [1.807, 2.05) is 6.92 Å². The van der Waals surface area contributed by atoms with E-state index in [4.69, 9.17) is 5.73 Å². The third-order valence-electron chi connectivity index (χ3n) is 4.15. The van der Waals surface area contributed by atoms with Crippen LogP contribution >= 0.6 is 0 Å². The number of amides is 1. The number of nitrogens with two attached hydrogens (primary N) is 1. The first-order valence-electron chi connectivity index (χ1n) is 6.83. The topological polar surface area (TPSA) is 95.2 Å². The standard InChI is InChI=1S/C13H20N4O2/c1-13(19)4-6-17(7-5-13)12(18)11-9(14)10(15-16-11)8-2-3-8/h8,19H,2-7,14H2,1H3,(H,15,16). The number of nitrogens with one attached hydrogen (secondary N) is 1. The minimum atomic E-state index is -0.660. The van der Waals surface area contributed by atoms with Gasteiger partial charge >= 0.3 is 0 Å². The van der Waals surface area contributed by atoms with Crippen LogP contribution in [0.2, 0.25) is 0 Å². The second kappa shape index (κ2) is 4.23. The lowest BCUT2D eigenvalue weighted by Crippen LogP contribution is -2.45. The first-order chi connectivity index (χ1) is 8.98. The van der Waals surface area contributed by atoms with Crippen molar-refractivity contribution < 1.29 is 9.90 Å². The van der Waals surface area contributed by atoms with Crippen molar-refractivity contribution in [1.82, 2.24) is 15.1 Å². The zero-order chi connectivity index (χ0) is 13.6. The van der Waals surface area contributed by atoms with Crippen LogP contribution in [0.15, 0.2) is 0 Å². The summed E-state index contributed by atoms with van der Waals surface area (Å²) in [5.41, 5.74) is 7.11. The van der Waals surface area contributed by atoms with Gasteiger partial charge in [-0.15, -0.1) is 0 Å². The summed E-state index contributed by atoms with van der Waals surface area (Å²) in [7, 11) is 0. The van der Waals surface area contributed by atoms with Crippen LogP contribution in [0.4, 0.5) is 5.69 Å². The third kappa shape index (κ3) is 2.32. The molecule has 19 heavy (non-hydrogen) atoms. The average molecular weight is 264 g/mol. The molecule has 0 unspecified atom stereocenters.